The Bertz CT molecular complexity index is 460. The van der Waals surface area contributed by atoms with Crippen molar-refractivity contribution in [1.29, 1.82) is 0 Å². The zero-order chi connectivity index (χ0) is 12.1. The minimum absolute atomic E-state index is 0.358. The summed E-state index contributed by atoms with van der Waals surface area (Å²) in [4.78, 5) is 24.4. The van der Waals surface area contributed by atoms with E-state index in [1.54, 1.807) is 0 Å². The molecule has 94 valence electrons. The van der Waals surface area contributed by atoms with E-state index in [2.05, 4.69) is 10.3 Å². The Balaban J connectivity index is 1.74. The molecule has 0 amide bonds. The first-order valence-electron chi connectivity index (χ1n) is 5.84. The number of nitrogens with zero attached hydrogens (tertiary/aromatic N) is 1. The predicted molar refractivity (Wildman–Crippen MR) is 63.1 cm³/mol. The van der Waals surface area contributed by atoms with Gasteiger partial charge in [0, 0.05) is 38.5 Å². The molecule has 1 unspecified atom stereocenters. The van der Waals surface area contributed by atoms with Crippen molar-refractivity contribution >= 4 is 0 Å². The van der Waals surface area contributed by atoms with Crippen molar-refractivity contribution in [1.82, 2.24) is 14.9 Å². The van der Waals surface area contributed by atoms with Crippen LogP contribution in [0.2, 0.25) is 0 Å². The largest absolute Gasteiger partial charge is 0.381 e. The van der Waals surface area contributed by atoms with Crippen LogP contribution in [-0.4, -0.2) is 35.9 Å². The fourth-order valence-corrected chi connectivity index (χ4v) is 1.87. The molecule has 6 nitrogen and oxygen atoms in total. The van der Waals surface area contributed by atoms with E-state index in [0.29, 0.717) is 19.0 Å². The van der Waals surface area contributed by atoms with Gasteiger partial charge in [-0.15, -0.1) is 0 Å². The molecular formula is C11H17N3O3. The third kappa shape index (κ3) is 3.54. The SMILES string of the molecule is O=c1ccn(CCNCC2CCOC2)c(=O)[nH]1. The molecule has 1 aliphatic rings. The molecular weight excluding hydrogens is 222 g/mol. The van der Waals surface area contributed by atoms with Crippen LogP contribution in [0, 0.1) is 5.92 Å². The van der Waals surface area contributed by atoms with Gasteiger partial charge < -0.3 is 10.1 Å². The molecule has 0 bridgehead atoms. The maximum absolute atomic E-state index is 11.4. The van der Waals surface area contributed by atoms with Crippen LogP contribution in [0.3, 0.4) is 0 Å². The number of hydrogen-bond donors (Lipinski definition) is 2. The third-order valence-electron chi connectivity index (χ3n) is 2.88. The van der Waals surface area contributed by atoms with Crippen LogP contribution in [-0.2, 0) is 11.3 Å². The van der Waals surface area contributed by atoms with E-state index in [4.69, 9.17) is 4.74 Å². The number of nitrogens with one attached hydrogen (secondary N) is 2. The fraction of sp³-hybridized carbons (Fsp3) is 0.636. The molecule has 17 heavy (non-hydrogen) atoms. The molecule has 1 atom stereocenters. The van der Waals surface area contributed by atoms with Gasteiger partial charge in [0.1, 0.15) is 0 Å². The molecule has 1 aromatic rings. The highest BCUT2D eigenvalue weighted by Gasteiger charge is 2.14. The van der Waals surface area contributed by atoms with E-state index < -0.39 is 0 Å². The molecule has 6 heteroatoms. The number of hydrogen-bond acceptors (Lipinski definition) is 4. The molecule has 1 fully saturated rings. The molecule has 1 saturated heterocycles. The van der Waals surface area contributed by atoms with Gasteiger partial charge in [-0.1, -0.05) is 0 Å². The summed E-state index contributed by atoms with van der Waals surface area (Å²) < 4.78 is 6.76. The number of ether oxygens (including phenoxy) is 1. The van der Waals surface area contributed by atoms with Crippen LogP contribution in [0.5, 0.6) is 0 Å². The van der Waals surface area contributed by atoms with Crippen molar-refractivity contribution in [3.05, 3.63) is 33.1 Å². The number of rotatable bonds is 5. The zero-order valence-electron chi connectivity index (χ0n) is 9.65. The van der Waals surface area contributed by atoms with E-state index >= 15 is 0 Å². The van der Waals surface area contributed by atoms with Gasteiger partial charge in [0.2, 0.25) is 0 Å². The average Bonchev–Trinajstić information content (AvgIpc) is 2.79. The lowest BCUT2D eigenvalue weighted by Gasteiger charge is -2.09. The Kier molecular flexibility index (Phi) is 4.11. The minimum Gasteiger partial charge on any atom is -0.381 e. The van der Waals surface area contributed by atoms with Gasteiger partial charge in [0.25, 0.3) is 5.56 Å². The van der Waals surface area contributed by atoms with Gasteiger partial charge in [-0.05, 0) is 12.3 Å². The van der Waals surface area contributed by atoms with Crippen LogP contribution in [0.25, 0.3) is 0 Å². The van der Waals surface area contributed by atoms with Gasteiger partial charge in [0.15, 0.2) is 0 Å². The van der Waals surface area contributed by atoms with Crippen LogP contribution in [0.15, 0.2) is 21.9 Å². The molecule has 2 rings (SSSR count). The van der Waals surface area contributed by atoms with Crippen molar-refractivity contribution in [3.63, 3.8) is 0 Å². The predicted octanol–water partition coefficient (Wildman–Crippen LogP) is -0.837. The van der Waals surface area contributed by atoms with Gasteiger partial charge in [0.05, 0.1) is 6.61 Å². The molecule has 0 radical (unpaired) electrons. The maximum Gasteiger partial charge on any atom is 0.328 e. The van der Waals surface area contributed by atoms with E-state index in [9.17, 15) is 9.59 Å². The molecule has 1 aliphatic heterocycles. The lowest BCUT2D eigenvalue weighted by Crippen LogP contribution is -2.33. The van der Waals surface area contributed by atoms with Crippen molar-refractivity contribution in [2.24, 2.45) is 5.92 Å². The molecule has 2 N–H and O–H groups in total. The fourth-order valence-electron chi connectivity index (χ4n) is 1.87. The summed E-state index contributed by atoms with van der Waals surface area (Å²) in [7, 11) is 0. The van der Waals surface area contributed by atoms with Gasteiger partial charge in [-0.2, -0.15) is 0 Å². The Morgan fingerprint density at radius 1 is 1.53 bits per heavy atom. The first-order valence-corrected chi connectivity index (χ1v) is 5.84. The van der Waals surface area contributed by atoms with E-state index in [0.717, 1.165) is 26.2 Å². The Labute approximate surface area is 98.6 Å². The standard InChI is InChI=1S/C11H17N3O3/c15-10-1-4-14(11(16)13-10)5-3-12-7-9-2-6-17-8-9/h1,4,9,12H,2-3,5-8H2,(H,13,15,16). The molecule has 0 aromatic carbocycles. The first-order chi connectivity index (χ1) is 8.25. The van der Waals surface area contributed by atoms with Crippen LogP contribution in [0.1, 0.15) is 6.42 Å². The lowest BCUT2D eigenvalue weighted by molar-refractivity contribution is 0.185. The van der Waals surface area contributed by atoms with Gasteiger partial charge in [-0.25, -0.2) is 4.79 Å². The smallest absolute Gasteiger partial charge is 0.328 e. The maximum atomic E-state index is 11.4. The Morgan fingerprint density at radius 3 is 3.12 bits per heavy atom. The van der Waals surface area contributed by atoms with Gasteiger partial charge in [-0.3, -0.25) is 14.3 Å². The van der Waals surface area contributed by atoms with Crippen molar-refractivity contribution in [2.45, 2.75) is 13.0 Å². The zero-order valence-corrected chi connectivity index (χ0v) is 9.65. The third-order valence-corrected chi connectivity index (χ3v) is 2.88. The van der Waals surface area contributed by atoms with Crippen LogP contribution in [0.4, 0.5) is 0 Å². The van der Waals surface area contributed by atoms with E-state index in [1.807, 2.05) is 0 Å². The second-order valence-corrected chi connectivity index (χ2v) is 4.24. The van der Waals surface area contributed by atoms with Crippen molar-refractivity contribution in [2.75, 3.05) is 26.3 Å². The number of aromatic nitrogens is 2. The highest BCUT2D eigenvalue weighted by molar-refractivity contribution is 4.82. The molecule has 2 heterocycles. The Morgan fingerprint density at radius 2 is 2.41 bits per heavy atom. The molecule has 1 aromatic heterocycles. The summed E-state index contributed by atoms with van der Waals surface area (Å²) in [5.74, 6) is 0.585. The quantitative estimate of drug-likeness (QED) is 0.657. The highest BCUT2D eigenvalue weighted by atomic mass is 16.5. The summed E-state index contributed by atoms with van der Waals surface area (Å²) in [6.07, 6.45) is 2.62. The number of aromatic amines is 1. The Hall–Kier alpha value is -1.40. The monoisotopic (exact) mass is 239 g/mol. The summed E-state index contributed by atoms with van der Waals surface area (Å²) in [6, 6.07) is 1.35. The van der Waals surface area contributed by atoms with Crippen molar-refractivity contribution in [3.8, 4) is 0 Å². The molecule has 0 spiro atoms. The number of H-pyrrole nitrogens is 1. The van der Waals surface area contributed by atoms with E-state index in [1.165, 1.54) is 16.8 Å². The lowest BCUT2D eigenvalue weighted by atomic mass is 10.1. The normalized spacial score (nSPS) is 19.6. The second kappa shape index (κ2) is 5.79. The minimum atomic E-state index is -0.359. The first kappa shape index (κ1) is 12.1. The second-order valence-electron chi connectivity index (χ2n) is 4.24. The molecule has 0 saturated carbocycles. The highest BCUT2D eigenvalue weighted by Crippen LogP contribution is 2.10. The summed E-state index contributed by atoms with van der Waals surface area (Å²) in [6.45, 7) is 3.86. The van der Waals surface area contributed by atoms with E-state index in [-0.39, 0.29) is 11.2 Å². The van der Waals surface area contributed by atoms with Crippen LogP contribution >= 0.6 is 0 Å². The molecule has 0 aliphatic carbocycles. The summed E-state index contributed by atoms with van der Waals surface area (Å²) in [5, 5.41) is 3.29. The summed E-state index contributed by atoms with van der Waals surface area (Å²) >= 11 is 0. The average molecular weight is 239 g/mol. The topological polar surface area (TPSA) is 76.1 Å². The van der Waals surface area contributed by atoms with Gasteiger partial charge >= 0.3 is 5.69 Å². The van der Waals surface area contributed by atoms with Crippen LogP contribution < -0.4 is 16.6 Å². The van der Waals surface area contributed by atoms with Crippen molar-refractivity contribution < 1.29 is 4.74 Å². The summed E-state index contributed by atoms with van der Waals surface area (Å²) in [5.41, 5.74) is -0.717.